The molecule has 0 aromatic heterocycles. The van der Waals surface area contributed by atoms with Crippen LogP contribution in [0.1, 0.15) is 42.0 Å². The molecule has 2 fully saturated rings. The number of carbonyl (C=O) groups excluding carboxylic acids is 1. The third-order valence-corrected chi connectivity index (χ3v) is 7.16. The van der Waals surface area contributed by atoms with Crippen LogP contribution in [0.3, 0.4) is 0 Å². The highest BCUT2D eigenvalue weighted by Crippen LogP contribution is 2.47. The zero-order valence-electron chi connectivity index (χ0n) is 18.9. The predicted molar refractivity (Wildman–Crippen MR) is 126 cm³/mol. The second-order valence-corrected chi connectivity index (χ2v) is 9.03. The van der Waals surface area contributed by atoms with Gasteiger partial charge in [-0.25, -0.2) is 0 Å². The zero-order chi connectivity index (χ0) is 22.8. The van der Waals surface area contributed by atoms with Gasteiger partial charge in [-0.15, -0.1) is 0 Å². The van der Waals surface area contributed by atoms with Crippen molar-refractivity contribution in [3.63, 3.8) is 0 Å². The number of benzene rings is 2. The second-order valence-electron chi connectivity index (χ2n) is 9.03. The van der Waals surface area contributed by atoms with Gasteiger partial charge in [-0.3, -0.25) is 4.79 Å². The summed E-state index contributed by atoms with van der Waals surface area (Å²) in [6, 6.07) is 13.7. The van der Waals surface area contributed by atoms with Crippen LogP contribution in [0.15, 0.2) is 42.5 Å². The van der Waals surface area contributed by atoms with Crippen LogP contribution in [-0.4, -0.2) is 55.4 Å². The van der Waals surface area contributed by atoms with Crippen molar-refractivity contribution in [3.8, 4) is 17.6 Å². The quantitative estimate of drug-likeness (QED) is 0.709. The molecular formula is C27H30N2O4. The number of hydrogen-bond donors (Lipinski definition) is 2. The lowest BCUT2D eigenvalue weighted by Crippen LogP contribution is -2.44. The Kier molecular flexibility index (Phi) is 6.26. The molecule has 6 heteroatoms. The van der Waals surface area contributed by atoms with E-state index >= 15 is 0 Å². The fraction of sp³-hybridized carbons (Fsp3) is 0.444. The summed E-state index contributed by atoms with van der Waals surface area (Å²) in [6.45, 7) is 2.09. The van der Waals surface area contributed by atoms with Crippen molar-refractivity contribution in [1.29, 1.82) is 0 Å². The van der Waals surface area contributed by atoms with Crippen LogP contribution in [0.5, 0.6) is 5.75 Å². The van der Waals surface area contributed by atoms with Gasteiger partial charge >= 0.3 is 0 Å². The van der Waals surface area contributed by atoms with Crippen LogP contribution >= 0.6 is 0 Å². The standard InChI is InChI=1S/C27H30N2O4/c1-32-21-7-4-18(5-8-21)2-3-19-6-9-24-23(16-19)26-22(25(17-30)28-24)10-13-29(26)27(31)20-11-14-33-15-12-20/h4-9,16,20,22,25-26,28,30H,10-15,17H2,1H3/t22-,25+,26-/m0/s1. The summed E-state index contributed by atoms with van der Waals surface area (Å²) in [5.41, 5.74) is 3.92. The van der Waals surface area contributed by atoms with Crippen molar-refractivity contribution in [2.24, 2.45) is 11.8 Å². The third kappa shape index (κ3) is 4.31. The van der Waals surface area contributed by atoms with Crippen molar-refractivity contribution in [2.45, 2.75) is 31.3 Å². The summed E-state index contributed by atoms with van der Waals surface area (Å²) in [5.74, 6) is 7.75. The fourth-order valence-corrected chi connectivity index (χ4v) is 5.39. The number of amides is 1. The number of hydrogen-bond acceptors (Lipinski definition) is 5. The van der Waals surface area contributed by atoms with E-state index in [0.29, 0.717) is 13.2 Å². The Labute approximate surface area is 194 Å². The van der Waals surface area contributed by atoms with E-state index < -0.39 is 0 Å². The van der Waals surface area contributed by atoms with Crippen LogP contribution in [0, 0.1) is 23.7 Å². The summed E-state index contributed by atoms with van der Waals surface area (Å²) >= 11 is 0. The Morgan fingerprint density at radius 2 is 1.85 bits per heavy atom. The summed E-state index contributed by atoms with van der Waals surface area (Å²) in [5, 5.41) is 13.5. The predicted octanol–water partition coefficient (Wildman–Crippen LogP) is 3.20. The maximum Gasteiger partial charge on any atom is 0.226 e. The minimum Gasteiger partial charge on any atom is -0.497 e. The highest BCUT2D eigenvalue weighted by atomic mass is 16.5. The van der Waals surface area contributed by atoms with Gasteiger partial charge in [0.1, 0.15) is 5.75 Å². The van der Waals surface area contributed by atoms with Crippen LogP contribution in [-0.2, 0) is 9.53 Å². The van der Waals surface area contributed by atoms with Crippen molar-refractivity contribution in [1.82, 2.24) is 4.90 Å². The average molecular weight is 447 g/mol. The van der Waals surface area contributed by atoms with Gasteiger partial charge < -0.3 is 24.8 Å². The number of fused-ring (bicyclic) bond motifs is 3. The lowest BCUT2D eigenvalue weighted by Gasteiger charge is -2.40. The molecule has 0 radical (unpaired) electrons. The first-order valence-corrected chi connectivity index (χ1v) is 11.7. The molecule has 3 atom stereocenters. The van der Waals surface area contributed by atoms with Crippen molar-refractivity contribution < 1.29 is 19.4 Å². The molecule has 3 heterocycles. The summed E-state index contributed by atoms with van der Waals surface area (Å²) < 4.78 is 10.7. The molecule has 0 spiro atoms. The first-order chi connectivity index (χ1) is 16.2. The van der Waals surface area contributed by atoms with E-state index in [1.165, 1.54) is 0 Å². The monoisotopic (exact) mass is 446 g/mol. The highest BCUT2D eigenvalue weighted by molar-refractivity contribution is 5.80. The van der Waals surface area contributed by atoms with Gasteiger partial charge in [-0.1, -0.05) is 11.8 Å². The van der Waals surface area contributed by atoms with Crippen LogP contribution in [0.4, 0.5) is 5.69 Å². The van der Waals surface area contributed by atoms with Crippen LogP contribution in [0.25, 0.3) is 0 Å². The molecule has 2 aromatic rings. The molecule has 1 amide bonds. The molecule has 2 aromatic carbocycles. The topological polar surface area (TPSA) is 71.0 Å². The molecule has 172 valence electrons. The van der Waals surface area contributed by atoms with Gasteiger partial charge in [0.15, 0.2) is 0 Å². The lowest BCUT2D eigenvalue weighted by atomic mass is 9.82. The normalized spacial score (nSPS) is 24.2. The van der Waals surface area contributed by atoms with E-state index in [9.17, 15) is 9.90 Å². The maximum absolute atomic E-state index is 13.5. The Morgan fingerprint density at radius 3 is 2.58 bits per heavy atom. The molecule has 2 saturated heterocycles. The Bertz CT molecular complexity index is 1070. The van der Waals surface area contributed by atoms with Gasteiger partial charge in [0.2, 0.25) is 5.91 Å². The molecule has 3 aliphatic rings. The van der Waals surface area contributed by atoms with E-state index in [4.69, 9.17) is 9.47 Å². The smallest absolute Gasteiger partial charge is 0.226 e. The van der Waals surface area contributed by atoms with Crippen molar-refractivity contribution >= 4 is 11.6 Å². The molecule has 3 aliphatic heterocycles. The van der Waals surface area contributed by atoms with Crippen LogP contribution in [0.2, 0.25) is 0 Å². The minimum absolute atomic E-state index is 0.0291. The maximum atomic E-state index is 13.5. The van der Waals surface area contributed by atoms with Gasteiger partial charge in [-0.2, -0.15) is 0 Å². The molecule has 2 N–H and O–H groups in total. The molecule has 0 saturated carbocycles. The molecule has 0 aliphatic carbocycles. The fourth-order valence-electron chi connectivity index (χ4n) is 5.39. The third-order valence-electron chi connectivity index (χ3n) is 7.16. The largest absolute Gasteiger partial charge is 0.497 e. The highest BCUT2D eigenvalue weighted by Gasteiger charge is 2.46. The Balaban J connectivity index is 1.45. The zero-order valence-corrected chi connectivity index (χ0v) is 18.9. The Hall–Kier alpha value is -3.01. The first-order valence-electron chi connectivity index (χ1n) is 11.7. The lowest BCUT2D eigenvalue weighted by molar-refractivity contribution is -0.140. The van der Waals surface area contributed by atoms with Crippen LogP contribution < -0.4 is 10.1 Å². The summed E-state index contributed by atoms with van der Waals surface area (Å²) in [6.07, 6.45) is 2.46. The summed E-state index contributed by atoms with van der Waals surface area (Å²) in [4.78, 5) is 15.5. The molecule has 6 nitrogen and oxygen atoms in total. The van der Waals surface area contributed by atoms with Crippen molar-refractivity contribution in [3.05, 3.63) is 59.2 Å². The minimum atomic E-state index is -0.0498. The summed E-state index contributed by atoms with van der Waals surface area (Å²) in [7, 11) is 1.65. The van der Waals surface area contributed by atoms with Gasteiger partial charge in [0.05, 0.1) is 25.8 Å². The van der Waals surface area contributed by atoms with E-state index in [-0.39, 0.29) is 36.4 Å². The molecule has 0 unspecified atom stereocenters. The van der Waals surface area contributed by atoms with Crippen molar-refractivity contribution in [2.75, 3.05) is 38.8 Å². The number of aliphatic hydroxyl groups excluding tert-OH is 1. The SMILES string of the molecule is COc1ccc(C#Cc2ccc3c(c2)[C@@H]2[C@@H](CCN2C(=O)C2CCOCC2)[C@@H](CO)N3)cc1. The number of carbonyl (C=O) groups is 1. The molecule has 5 rings (SSSR count). The first kappa shape index (κ1) is 21.8. The molecule has 33 heavy (non-hydrogen) atoms. The Morgan fingerprint density at radius 1 is 1.12 bits per heavy atom. The number of likely N-dealkylation sites (tertiary alicyclic amines) is 1. The van der Waals surface area contributed by atoms with E-state index in [2.05, 4.69) is 28.1 Å². The number of nitrogens with one attached hydrogen (secondary N) is 1. The van der Waals surface area contributed by atoms with E-state index in [0.717, 1.165) is 53.9 Å². The molecular weight excluding hydrogens is 416 g/mol. The second kappa shape index (κ2) is 9.46. The number of methoxy groups -OCH3 is 1. The number of rotatable bonds is 3. The number of aliphatic hydroxyl groups is 1. The van der Waals surface area contributed by atoms with Gasteiger partial charge in [0.25, 0.3) is 0 Å². The number of ether oxygens (including phenoxy) is 2. The van der Waals surface area contributed by atoms with Gasteiger partial charge in [-0.05, 0) is 67.3 Å². The number of nitrogens with zero attached hydrogens (tertiary/aromatic N) is 1. The van der Waals surface area contributed by atoms with E-state index in [1.807, 2.05) is 36.4 Å². The molecule has 0 bridgehead atoms. The average Bonchev–Trinajstić information content (AvgIpc) is 3.33. The van der Waals surface area contributed by atoms with E-state index in [1.54, 1.807) is 7.11 Å². The number of anilines is 1. The van der Waals surface area contributed by atoms with Gasteiger partial charge in [0, 0.05) is 48.4 Å².